The Bertz CT molecular complexity index is 566. The van der Waals surface area contributed by atoms with Crippen molar-refractivity contribution in [2.75, 3.05) is 32.1 Å². The van der Waals surface area contributed by atoms with E-state index < -0.39 is 6.04 Å². The number of anilines is 1. The molecule has 1 saturated heterocycles. The summed E-state index contributed by atoms with van der Waals surface area (Å²) in [5.41, 5.74) is 6.14. The van der Waals surface area contributed by atoms with Crippen LogP contribution in [0.1, 0.15) is 13.8 Å². The summed E-state index contributed by atoms with van der Waals surface area (Å²) in [7, 11) is 1.48. The van der Waals surface area contributed by atoms with Crippen molar-refractivity contribution in [2.45, 2.75) is 38.6 Å². The molecular formula is C15H25N5O4. The maximum absolute atomic E-state index is 12.4. The Morgan fingerprint density at radius 2 is 2.12 bits per heavy atom. The third kappa shape index (κ3) is 5.02. The lowest BCUT2D eigenvalue weighted by molar-refractivity contribution is -0.144. The minimum Gasteiger partial charge on any atom is -0.383 e. The molecule has 0 bridgehead atoms. The van der Waals surface area contributed by atoms with Crippen LogP contribution in [0.3, 0.4) is 0 Å². The molecule has 3 unspecified atom stereocenters. The van der Waals surface area contributed by atoms with E-state index in [0.29, 0.717) is 18.8 Å². The molecule has 2 amide bonds. The average Bonchev–Trinajstić information content (AvgIpc) is 2.93. The predicted molar refractivity (Wildman–Crippen MR) is 87.3 cm³/mol. The zero-order valence-electron chi connectivity index (χ0n) is 14.3. The molecule has 1 aromatic rings. The van der Waals surface area contributed by atoms with Crippen LogP contribution in [-0.4, -0.2) is 71.6 Å². The van der Waals surface area contributed by atoms with Crippen LogP contribution in [0.4, 0.5) is 5.69 Å². The van der Waals surface area contributed by atoms with Gasteiger partial charge in [0.1, 0.15) is 12.6 Å². The van der Waals surface area contributed by atoms with E-state index in [9.17, 15) is 9.59 Å². The Balaban J connectivity index is 1.89. The highest BCUT2D eigenvalue weighted by molar-refractivity contribution is 5.94. The Morgan fingerprint density at radius 3 is 2.75 bits per heavy atom. The van der Waals surface area contributed by atoms with Gasteiger partial charge in [-0.3, -0.25) is 14.3 Å². The van der Waals surface area contributed by atoms with Crippen molar-refractivity contribution in [3.8, 4) is 0 Å². The first kappa shape index (κ1) is 18.4. The number of hydrogen-bond acceptors (Lipinski definition) is 6. The number of carbonyl (C=O) groups excluding carboxylic acids is 2. The number of amides is 2. The smallest absolute Gasteiger partial charge is 0.244 e. The molecule has 134 valence electrons. The molecule has 0 aromatic carbocycles. The Hall–Kier alpha value is -1.97. The molecule has 3 atom stereocenters. The molecule has 24 heavy (non-hydrogen) atoms. The lowest BCUT2D eigenvalue weighted by Crippen LogP contribution is -2.49. The van der Waals surface area contributed by atoms with Crippen molar-refractivity contribution in [1.82, 2.24) is 14.7 Å². The zero-order chi connectivity index (χ0) is 17.7. The van der Waals surface area contributed by atoms with Crippen molar-refractivity contribution < 1.29 is 19.1 Å². The summed E-state index contributed by atoms with van der Waals surface area (Å²) in [6, 6.07) is -0.753. The molecule has 1 aliphatic heterocycles. The van der Waals surface area contributed by atoms with E-state index in [0.717, 1.165) is 0 Å². The second kappa shape index (κ2) is 8.22. The number of nitrogens with zero attached hydrogens (tertiary/aromatic N) is 3. The van der Waals surface area contributed by atoms with Gasteiger partial charge < -0.3 is 25.4 Å². The van der Waals surface area contributed by atoms with Gasteiger partial charge in [0.05, 0.1) is 30.7 Å². The summed E-state index contributed by atoms with van der Waals surface area (Å²) in [5, 5.41) is 6.74. The van der Waals surface area contributed by atoms with Gasteiger partial charge in [-0.1, -0.05) is 0 Å². The SMILES string of the molecule is COCC(N)C(=O)Nc1cnn(CC(=O)N2CC(C)OC(C)C2)c1. The molecular weight excluding hydrogens is 314 g/mol. The third-order valence-electron chi connectivity index (χ3n) is 3.65. The molecule has 2 heterocycles. The van der Waals surface area contributed by atoms with Crippen LogP contribution in [0, 0.1) is 0 Å². The van der Waals surface area contributed by atoms with Gasteiger partial charge in [-0.15, -0.1) is 0 Å². The lowest BCUT2D eigenvalue weighted by Gasteiger charge is -2.35. The maximum Gasteiger partial charge on any atom is 0.244 e. The number of aromatic nitrogens is 2. The molecule has 0 saturated carbocycles. The summed E-state index contributed by atoms with van der Waals surface area (Å²) in [6.45, 7) is 5.27. The fourth-order valence-electron chi connectivity index (χ4n) is 2.62. The summed E-state index contributed by atoms with van der Waals surface area (Å²) < 4.78 is 11.9. The van der Waals surface area contributed by atoms with Crippen molar-refractivity contribution in [3.63, 3.8) is 0 Å². The largest absolute Gasteiger partial charge is 0.383 e. The number of nitrogens with two attached hydrogens (primary N) is 1. The minimum absolute atomic E-state index is 0.0208. The molecule has 9 nitrogen and oxygen atoms in total. The van der Waals surface area contributed by atoms with E-state index in [-0.39, 0.29) is 37.2 Å². The fourth-order valence-corrected chi connectivity index (χ4v) is 2.62. The standard InChI is InChI=1S/C15H25N5O4/c1-10-5-19(6-11(2)24-10)14(21)8-20-7-12(4-17-20)18-15(22)13(16)9-23-3/h4,7,10-11,13H,5-6,8-9,16H2,1-3H3,(H,18,22). The Morgan fingerprint density at radius 1 is 1.46 bits per heavy atom. The highest BCUT2D eigenvalue weighted by atomic mass is 16.5. The molecule has 1 aromatic heterocycles. The van der Waals surface area contributed by atoms with E-state index in [1.54, 1.807) is 11.1 Å². The van der Waals surface area contributed by atoms with Crippen LogP contribution < -0.4 is 11.1 Å². The van der Waals surface area contributed by atoms with Gasteiger partial charge in [0, 0.05) is 26.4 Å². The summed E-state index contributed by atoms with van der Waals surface area (Å²) in [6.07, 6.45) is 3.12. The molecule has 1 fully saturated rings. The van der Waals surface area contributed by atoms with E-state index in [4.69, 9.17) is 15.2 Å². The van der Waals surface area contributed by atoms with E-state index in [1.807, 2.05) is 13.8 Å². The molecule has 3 N–H and O–H groups in total. The molecule has 9 heteroatoms. The van der Waals surface area contributed by atoms with Gasteiger partial charge in [0.15, 0.2) is 0 Å². The van der Waals surface area contributed by atoms with Gasteiger partial charge in [-0.2, -0.15) is 5.10 Å². The molecule has 0 radical (unpaired) electrons. The average molecular weight is 339 g/mol. The summed E-state index contributed by atoms with van der Waals surface area (Å²) in [4.78, 5) is 26.0. The molecule has 1 aliphatic rings. The predicted octanol–water partition coefficient (Wildman–Crippen LogP) is -0.569. The van der Waals surface area contributed by atoms with E-state index >= 15 is 0 Å². The highest BCUT2D eigenvalue weighted by Gasteiger charge is 2.26. The number of morpholine rings is 1. The number of carbonyl (C=O) groups is 2. The van der Waals surface area contributed by atoms with Crippen LogP contribution in [0.2, 0.25) is 0 Å². The maximum atomic E-state index is 12.4. The van der Waals surface area contributed by atoms with Gasteiger partial charge in [0.2, 0.25) is 11.8 Å². The second-order valence-electron chi connectivity index (χ2n) is 6.03. The molecule has 2 rings (SSSR count). The van der Waals surface area contributed by atoms with Crippen LogP contribution >= 0.6 is 0 Å². The van der Waals surface area contributed by atoms with Crippen LogP contribution in [0.15, 0.2) is 12.4 Å². The summed E-state index contributed by atoms with van der Waals surface area (Å²) in [5.74, 6) is -0.396. The topological polar surface area (TPSA) is 112 Å². The molecule has 0 aliphatic carbocycles. The first-order chi connectivity index (χ1) is 11.4. The quantitative estimate of drug-likeness (QED) is 0.718. The number of nitrogens with one attached hydrogen (secondary N) is 1. The Labute approximate surface area is 141 Å². The third-order valence-corrected chi connectivity index (χ3v) is 3.65. The zero-order valence-corrected chi connectivity index (χ0v) is 14.3. The van der Waals surface area contributed by atoms with Crippen LogP contribution in [-0.2, 0) is 25.6 Å². The van der Waals surface area contributed by atoms with Gasteiger partial charge in [-0.05, 0) is 13.8 Å². The molecule has 0 spiro atoms. The number of hydrogen-bond donors (Lipinski definition) is 2. The van der Waals surface area contributed by atoms with Crippen LogP contribution in [0.25, 0.3) is 0 Å². The van der Waals surface area contributed by atoms with Crippen molar-refractivity contribution in [2.24, 2.45) is 5.73 Å². The normalized spacial score (nSPS) is 22.2. The minimum atomic E-state index is -0.753. The van der Waals surface area contributed by atoms with Crippen molar-refractivity contribution >= 4 is 17.5 Å². The number of ether oxygens (including phenoxy) is 2. The summed E-state index contributed by atoms with van der Waals surface area (Å²) >= 11 is 0. The highest BCUT2D eigenvalue weighted by Crippen LogP contribution is 2.12. The van der Waals surface area contributed by atoms with Gasteiger partial charge >= 0.3 is 0 Å². The van der Waals surface area contributed by atoms with Crippen molar-refractivity contribution in [1.29, 1.82) is 0 Å². The van der Waals surface area contributed by atoms with Crippen LogP contribution in [0.5, 0.6) is 0 Å². The van der Waals surface area contributed by atoms with Gasteiger partial charge in [0.25, 0.3) is 0 Å². The van der Waals surface area contributed by atoms with E-state index in [2.05, 4.69) is 10.4 Å². The lowest BCUT2D eigenvalue weighted by atomic mass is 10.2. The monoisotopic (exact) mass is 339 g/mol. The first-order valence-electron chi connectivity index (χ1n) is 7.90. The number of rotatable bonds is 6. The second-order valence-corrected chi connectivity index (χ2v) is 6.03. The van der Waals surface area contributed by atoms with Crippen molar-refractivity contribution in [3.05, 3.63) is 12.4 Å². The van der Waals surface area contributed by atoms with E-state index in [1.165, 1.54) is 18.0 Å². The number of methoxy groups -OCH3 is 1. The van der Waals surface area contributed by atoms with Gasteiger partial charge in [-0.25, -0.2) is 0 Å². The fraction of sp³-hybridized carbons (Fsp3) is 0.667. The first-order valence-corrected chi connectivity index (χ1v) is 7.90. The Kier molecular flexibility index (Phi) is 6.29.